The van der Waals surface area contributed by atoms with Crippen LogP contribution < -0.4 is 11.1 Å². The summed E-state index contributed by atoms with van der Waals surface area (Å²) in [6, 6.07) is 4.65. The van der Waals surface area contributed by atoms with Crippen LogP contribution in [0.1, 0.15) is 5.69 Å². The Bertz CT molecular complexity index is 695. The largest absolute Gasteiger partial charge is 0.397 e. The van der Waals surface area contributed by atoms with Crippen LogP contribution in [0.4, 0.5) is 11.4 Å². The minimum absolute atomic E-state index is 0.214. The number of benzene rings is 1. The summed E-state index contributed by atoms with van der Waals surface area (Å²) < 4.78 is 25.4. The molecular weight excluding hydrogens is 290 g/mol. The van der Waals surface area contributed by atoms with Crippen LogP contribution in [-0.4, -0.2) is 43.3 Å². The SMILES string of the molecule is CN(C)S(=O)(=O)c1ccc(N)c(NCCc2cnc[nH]2)c1. The maximum atomic E-state index is 12.1. The number of hydrogen-bond donors (Lipinski definition) is 3. The molecule has 0 aliphatic carbocycles. The summed E-state index contributed by atoms with van der Waals surface area (Å²) in [6.45, 7) is 0.623. The summed E-state index contributed by atoms with van der Waals surface area (Å²) in [7, 11) is -0.469. The fourth-order valence-corrected chi connectivity index (χ4v) is 2.74. The van der Waals surface area contributed by atoms with Crippen molar-refractivity contribution in [1.29, 1.82) is 0 Å². The minimum atomic E-state index is -3.46. The molecule has 1 aromatic heterocycles. The molecule has 0 bridgehead atoms. The lowest BCUT2D eigenvalue weighted by atomic mass is 10.2. The van der Waals surface area contributed by atoms with Gasteiger partial charge in [0.2, 0.25) is 10.0 Å². The van der Waals surface area contributed by atoms with Crippen LogP contribution in [0.25, 0.3) is 0 Å². The van der Waals surface area contributed by atoms with E-state index in [9.17, 15) is 8.42 Å². The monoisotopic (exact) mass is 309 g/mol. The first-order chi connectivity index (χ1) is 9.91. The molecule has 0 saturated heterocycles. The van der Waals surface area contributed by atoms with Crippen molar-refractivity contribution in [2.45, 2.75) is 11.3 Å². The van der Waals surface area contributed by atoms with Crippen molar-refractivity contribution in [3.63, 3.8) is 0 Å². The molecule has 0 saturated carbocycles. The Morgan fingerprint density at radius 1 is 1.38 bits per heavy atom. The molecule has 0 aliphatic heterocycles. The lowest BCUT2D eigenvalue weighted by Crippen LogP contribution is -2.22. The molecule has 8 heteroatoms. The maximum absolute atomic E-state index is 12.1. The van der Waals surface area contributed by atoms with Gasteiger partial charge in [-0.3, -0.25) is 0 Å². The summed E-state index contributed by atoms with van der Waals surface area (Å²) in [5.41, 5.74) is 8.00. The van der Waals surface area contributed by atoms with E-state index in [0.717, 1.165) is 12.1 Å². The van der Waals surface area contributed by atoms with Crippen molar-refractivity contribution in [3.8, 4) is 0 Å². The molecule has 0 spiro atoms. The minimum Gasteiger partial charge on any atom is -0.397 e. The van der Waals surface area contributed by atoms with E-state index in [1.54, 1.807) is 24.7 Å². The molecule has 4 N–H and O–H groups in total. The van der Waals surface area contributed by atoms with Crippen molar-refractivity contribution < 1.29 is 8.42 Å². The van der Waals surface area contributed by atoms with Gasteiger partial charge in [-0.25, -0.2) is 17.7 Å². The Morgan fingerprint density at radius 2 is 2.14 bits per heavy atom. The number of imidazole rings is 1. The summed E-state index contributed by atoms with van der Waals surface area (Å²) in [4.78, 5) is 7.16. The van der Waals surface area contributed by atoms with E-state index in [-0.39, 0.29) is 4.90 Å². The Hall–Kier alpha value is -2.06. The molecule has 0 fully saturated rings. The van der Waals surface area contributed by atoms with Crippen molar-refractivity contribution in [1.82, 2.24) is 14.3 Å². The summed E-state index contributed by atoms with van der Waals surface area (Å²) in [5, 5.41) is 3.15. The predicted molar refractivity (Wildman–Crippen MR) is 82.5 cm³/mol. The quantitative estimate of drug-likeness (QED) is 0.688. The number of anilines is 2. The van der Waals surface area contributed by atoms with Gasteiger partial charge >= 0.3 is 0 Å². The second-order valence-electron chi connectivity index (χ2n) is 4.79. The number of aromatic nitrogens is 2. The van der Waals surface area contributed by atoms with Gasteiger partial charge in [0.25, 0.3) is 0 Å². The van der Waals surface area contributed by atoms with E-state index in [4.69, 9.17) is 5.73 Å². The van der Waals surface area contributed by atoms with E-state index in [1.165, 1.54) is 24.5 Å². The fourth-order valence-electron chi connectivity index (χ4n) is 1.81. The first-order valence-electron chi connectivity index (χ1n) is 6.44. The maximum Gasteiger partial charge on any atom is 0.242 e. The molecule has 1 aromatic carbocycles. The average molecular weight is 309 g/mol. The molecule has 7 nitrogen and oxygen atoms in total. The topological polar surface area (TPSA) is 104 Å². The molecule has 0 unspecified atom stereocenters. The van der Waals surface area contributed by atoms with Crippen molar-refractivity contribution in [3.05, 3.63) is 36.4 Å². The molecule has 0 atom stereocenters. The number of hydrogen-bond acceptors (Lipinski definition) is 5. The highest BCUT2D eigenvalue weighted by Gasteiger charge is 2.18. The molecule has 21 heavy (non-hydrogen) atoms. The van der Waals surface area contributed by atoms with E-state index >= 15 is 0 Å². The number of nitrogens with one attached hydrogen (secondary N) is 2. The van der Waals surface area contributed by atoms with Gasteiger partial charge < -0.3 is 16.0 Å². The lowest BCUT2D eigenvalue weighted by Gasteiger charge is -2.14. The van der Waals surface area contributed by atoms with Gasteiger partial charge in [0.05, 0.1) is 22.6 Å². The average Bonchev–Trinajstić information content (AvgIpc) is 2.93. The summed E-state index contributed by atoms with van der Waals surface area (Å²) in [5.74, 6) is 0. The molecule has 0 amide bonds. The van der Waals surface area contributed by atoms with Crippen LogP contribution in [0.3, 0.4) is 0 Å². The van der Waals surface area contributed by atoms with Gasteiger partial charge in [-0.05, 0) is 18.2 Å². The summed E-state index contributed by atoms with van der Waals surface area (Å²) >= 11 is 0. The van der Waals surface area contributed by atoms with Crippen LogP contribution >= 0.6 is 0 Å². The second kappa shape index (κ2) is 6.15. The third kappa shape index (κ3) is 3.53. The smallest absolute Gasteiger partial charge is 0.242 e. The molecule has 114 valence electrons. The molecule has 2 aromatic rings. The van der Waals surface area contributed by atoms with Gasteiger partial charge in [0.15, 0.2) is 0 Å². The number of nitrogens with zero attached hydrogens (tertiary/aromatic N) is 2. The number of rotatable bonds is 6. The van der Waals surface area contributed by atoms with Gasteiger partial charge in [0.1, 0.15) is 0 Å². The van der Waals surface area contributed by atoms with Crippen molar-refractivity contribution >= 4 is 21.4 Å². The number of nitrogens with two attached hydrogens (primary N) is 1. The number of aromatic amines is 1. The second-order valence-corrected chi connectivity index (χ2v) is 6.94. The van der Waals surface area contributed by atoms with Gasteiger partial charge in [-0.15, -0.1) is 0 Å². The lowest BCUT2D eigenvalue weighted by molar-refractivity contribution is 0.521. The highest BCUT2D eigenvalue weighted by atomic mass is 32.2. The van der Waals surface area contributed by atoms with Gasteiger partial charge in [-0.2, -0.15) is 0 Å². The highest BCUT2D eigenvalue weighted by molar-refractivity contribution is 7.89. The number of sulfonamides is 1. The number of nitrogen functional groups attached to an aromatic ring is 1. The van der Waals surface area contributed by atoms with Crippen LogP contribution in [0, 0.1) is 0 Å². The third-order valence-electron chi connectivity index (χ3n) is 3.07. The molecule has 0 radical (unpaired) electrons. The van der Waals surface area contributed by atoms with Gasteiger partial charge in [-0.1, -0.05) is 0 Å². The normalized spacial score (nSPS) is 11.8. The third-order valence-corrected chi connectivity index (χ3v) is 4.88. The first kappa shape index (κ1) is 15.3. The van der Waals surface area contributed by atoms with Crippen LogP contribution in [-0.2, 0) is 16.4 Å². The summed E-state index contributed by atoms with van der Waals surface area (Å²) in [6.07, 6.45) is 4.11. The number of H-pyrrole nitrogens is 1. The first-order valence-corrected chi connectivity index (χ1v) is 7.88. The molecule has 1 heterocycles. The Morgan fingerprint density at radius 3 is 2.76 bits per heavy atom. The van der Waals surface area contributed by atoms with E-state index in [2.05, 4.69) is 15.3 Å². The Kier molecular flexibility index (Phi) is 4.49. The van der Waals surface area contributed by atoms with E-state index in [1.807, 2.05) is 0 Å². The van der Waals surface area contributed by atoms with Gasteiger partial charge in [0, 0.05) is 39.0 Å². The molecule has 0 aliphatic rings. The zero-order valence-corrected chi connectivity index (χ0v) is 12.8. The van der Waals surface area contributed by atoms with E-state index < -0.39 is 10.0 Å². The van der Waals surface area contributed by atoms with Crippen molar-refractivity contribution in [2.24, 2.45) is 0 Å². The molecular formula is C13H19N5O2S. The highest BCUT2D eigenvalue weighted by Crippen LogP contribution is 2.24. The zero-order valence-electron chi connectivity index (χ0n) is 12.0. The standard InChI is InChI=1S/C13H19N5O2S/c1-18(2)21(19,20)11-3-4-12(14)13(7-11)16-6-5-10-8-15-9-17-10/h3-4,7-9,16H,5-6,14H2,1-2H3,(H,15,17). The zero-order chi connectivity index (χ0) is 15.5. The fraction of sp³-hybridized carbons (Fsp3) is 0.308. The van der Waals surface area contributed by atoms with Crippen LogP contribution in [0.2, 0.25) is 0 Å². The Balaban J connectivity index is 2.12. The van der Waals surface area contributed by atoms with Crippen LogP contribution in [0.15, 0.2) is 35.6 Å². The van der Waals surface area contributed by atoms with E-state index in [0.29, 0.717) is 17.9 Å². The molecule has 2 rings (SSSR count). The predicted octanol–water partition coefficient (Wildman–Crippen LogP) is 0.897. The van der Waals surface area contributed by atoms with Crippen LogP contribution in [0.5, 0.6) is 0 Å². The Labute approximate surface area is 124 Å². The van der Waals surface area contributed by atoms with Crippen molar-refractivity contribution in [2.75, 3.05) is 31.7 Å².